The molecule has 0 radical (unpaired) electrons. The first-order valence-electron chi connectivity index (χ1n) is 16.6. The minimum atomic E-state index is -0.952. The molecule has 20 nitrogen and oxygen atoms in total. The number of rotatable bonds is 34. The van der Waals surface area contributed by atoms with Crippen molar-refractivity contribution in [1.82, 2.24) is 0 Å². The van der Waals surface area contributed by atoms with Crippen LogP contribution in [-0.2, 0) is 76.3 Å². The monoisotopic (exact) mass is 756 g/mol. The molecule has 0 saturated carbocycles. The molecule has 0 aliphatic carbocycles. The van der Waals surface area contributed by atoms with Crippen molar-refractivity contribution >= 4 is 55.0 Å². The van der Waals surface area contributed by atoms with E-state index >= 15 is 0 Å². The lowest BCUT2D eigenvalue weighted by molar-refractivity contribution is -0.149. The molecule has 0 N–H and O–H groups in total. The Morgan fingerprint density at radius 2 is 0.698 bits per heavy atom. The Kier molecular flexibility index (Phi) is 36.1. The van der Waals surface area contributed by atoms with E-state index in [1.165, 1.54) is 24.3 Å². The van der Waals surface area contributed by atoms with E-state index in [9.17, 15) is 38.4 Å². The molecule has 296 valence electrons. The van der Waals surface area contributed by atoms with E-state index in [1.807, 2.05) is 6.79 Å². The number of aliphatic imine (C=N–C) groups is 4. The minimum absolute atomic E-state index is 0.00541. The number of hydrogen-bond acceptors (Lipinski definition) is 20. The third-order valence-corrected chi connectivity index (χ3v) is 6.45. The summed E-state index contributed by atoms with van der Waals surface area (Å²) in [5.41, 5.74) is -0.952. The molecule has 0 spiro atoms. The zero-order valence-electron chi connectivity index (χ0n) is 29.8. The third kappa shape index (κ3) is 33.8. The van der Waals surface area contributed by atoms with Crippen molar-refractivity contribution < 1.29 is 76.3 Å². The van der Waals surface area contributed by atoms with E-state index in [4.69, 9.17) is 38.0 Å². The molecule has 20 heteroatoms. The predicted octanol–water partition coefficient (Wildman–Crippen LogP) is 0.865. The van der Waals surface area contributed by atoms with Crippen LogP contribution < -0.4 is 0 Å². The fourth-order valence-corrected chi connectivity index (χ4v) is 3.91. The Labute approximate surface area is 306 Å². The maximum Gasteiger partial charge on any atom is 0.305 e. The van der Waals surface area contributed by atoms with Gasteiger partial charge in [0.2, 0.25) is 24.3 Å². The van der Waals surface area contributed by atoms with Crippen molar-refractivity contribution in [2.24, 2.45) is 25.4 Å². The molecule has 0 aromatic carbocycles. The number of carbonyl (C=O) groups is 5. The van der Waals surface area contributed by atoms with Crippen molar-refractivity contribution in [3.05, 3.63) is 0 Å². The van der Waals surface area contributed by atoms with Crippen LogP contribution in [0.25, 0.3) is 0 Å². The fourth-order valence-electron chi connectivity index (χ4n) is 3.91. The van der Waals surface area contributed by atoms with Gasteiger partial charge < -0.3 is 38.0 Å². The van der Waals surface area contributed by atoms with Gasteiger partial charge in [-0.15, -0.1) is 0 Å². The second-order valence-electron chi connectivity index (χ2n) is 10.6. The van der Waals surface area contributed by atoms with Gasteiger partial charge in [-0.2, -0.15) is 0 Å². The molecule has 0 atom stereocenters. The van der Waals surface area contributed by atoms with Gasteiger partial charge >= 0.3 is 23.9 Å². The van der Waals surface area contributed by atoms with Gasteiger partial charge in [-0.25, -0.2) is 39.1 Å². The smallest absolute Gasteiger partial charge is 0.305 e. The molecule has 0 saturated heterocycles. The van der Waals surface area contributed by atoms with Crippen LogP contribution in [0.1, 0.15) is 57.8 Å². The molecule has 53 heavy (non-hydrogen) atoms. The molecule has 0 unspecified atom stereocenters. The van der Waals surface area contributed by atoms with E-state index in [-0.39, 0.29) is 124 Å². The largest absolute Gasteiger partial charge is 0.466 e. The van der Waals surface area contributed by atoms with Crippen LogP contribution in [0, 0.1) is 5.41 Å². The standard InChI is InChI=1S/C32H46N4O15.CH2O/c37-24-33-10-1-5-28(41)48-14-9-32(21-45-15-18-49-29(42)6-2-11-34-25-38,22-46-16-19-50-30(43)7-3-12-35-26-39)23-47-17-20-51-31(44)8-4-13-36-27-40;1-2/h1-23H2;1H2. The van der Waals surface area contributed by atoms with Gasteiger partial charge in [0, 0.05) is 31.1 Å². The van der Waals surface area contributed by atoms with Crippen molar-refractivity contribution in [2.45, 2.75) is 57.8 Å². The lowest BCUT2D eigenvalue weighted by Crippen LogP contribution is -2.40. The highest BCUT2D eigenvalue weighted by Gasteiger charge is 2.32. The van der Waals surface area contributed by atoms with Crippen LogP contribution >= 0.6 is 0 Å². The molecular weight excluding hydrogens is 708 g/mol. The number of ether oxygens (including phenoxy) is 7. The van der Waals surface area contributed by atoms with Gasteiger partial charge in [-0.1, -0.05) is 0 Å². The number of hydrogen-bond donors (Lipinski definition) is 0. The topological polar surface area (TPSA) is 268 Å². The number of nitrogens with zero attached hydrogens (tertiary/aromatic N) is 4. The Bertz CT molecular complexity index is 1110. The Hall–Kier alpha value is -5.05. The van der Waals surface area contributed by atoms with E-state index in [2.05, 4.69) is 20.0 Å². The summed E-state index contributed by atoms with van der Waals surface area (Å²) in [6.45, 7) is 2.23. The lowest BCUT2D eigenvalue weighted by atomic mass is 9.87. The molecule has 0 aromatic rings. The highest BCUT2D eigenvalue weighted by atomic mass is 16.6. The van der Waals surface area contributed by atoms with E-state index in [0.717, 1.165) is 0 Å². The first kappa shape index (κ1) is 50.1. The van der Waals surface area contributed by atoms with Crippen LogP contribution in [0.3, 0.4) is 0 Å². The van der Waals surface area contributed by atoms with E-state index in [1.54, 1.807) is 0 Å². The molecule has 0 rings (SSSR count). The van der Waals surface area contributed by atoms with Crippen molar-refractivity contribution in [3.63, 3.8) is 0 Å². The summed E-state index contributed by atoms with van der Waals surface area (Å²) < 4.78 is 38.3. The van der Waals surface area contributed by atoms with Crippen molar-refractivity contribution in [3.8, 4) is 0 Å². The number of esters is 4. The molecule has 0 aliphatic heterocycles. The molecule has 0 aromatic heterocycles. The van der Waals surface area contributed by atoms with Crippen LogP contribution in [0.2, 0.25) is 0 Å². The number of carbonyl (C=O) groups excluding carboxylic acids is 9. The van der Waals surface area contributed by atoms with Crippen molar-refractivity contribution in [2.75, 3.05) is 92.2 Å². The Balaban J connectivity index is 0. The van der Waals surface area contributed by atoms with Gasteiger partial charge in [0.25, 0.3) is 0 Å². The quantitative estimate of drug-likeness (QED) is 0.0290. The molecule has 0 bridgehead atoms. The highest BCUT2D eigenvalue weighted by Crippen LogP contribution is 2.25. The van der Waals surface area contributed by atoms with Gasteiger partial charge in [0.15, 0.2) is 0 Å². The van der Waals surface area contributed by atoms with Crippen LogP contribution in [0.15, 0.2) is 20.0 Å². The second kappa shape index (κ2) is 38.2. The van der Waals surface area contributed by atoms with E-state index < -0.39 is 29.3 Å². The Morgan fingerprint density at radius 1 is 0.434 bits per heavy atom. The zero-order valence-corrected chi connectivity index (χ0v) is 29.8. The average molecular weight is 757 g/mol. The maximum absolute atomic E-state index is 12.2. The minimum Gasteiger partial charge on any atom is -0.466 e. The van der Waals surface area contributed by atoms with Gasteiger partial charge in [0.1, 0.15) is 26.6 Å². The molecule has 0 aliphatic rings. The van der Waals surface area contributed by atoms with Gasteiger partial charge in [0.05, 0.1) is 72.4 Å². The van der Waals surface area contributed by atoms with Crippen LogP contribution in [0.4, 0.5) is 0 Å². The highest BCUT2D eigenvalue weighted by molar-refractivity contribution is 5.70. The number of isocyanates is 4. The molecule has 0 heterocycles. The third-order valence-electron chi connectivity index (χ3n) is 6.45. The lowest BCUT2D eigenvalue weighted by Gasteiger charge is -2.33. The summed E-state index contributed by atoms with van der Waals surface area (Å²) in [6.07, 6.45) is 7.20. The normalized spacial score (nSPS) is 10.9. The first-order chi connectivity index (χ1) is 25.8. The predicted molar refractivity (Wildman–Crippen MR) is 179 cm³/mol. The second-order valence-corrected chi connectivity index (χ2v) is 10.6. The summed E-state index contributed by atoms with van der Waals surface area (Å²) in [4.78, 5) is 110. The van der Waals surface area contributed by atoms with Gasteiger partial charge in [-0.3, -0.25) is 19.2 Å². The summed E-state index contributed by atoms with van der Waals surface area (Å²) in [5, 5.41) is 0. The summed E-state index contributed by atoms with van der Waals surface area (Å²) in [6, 6.07) is 0. The summed E-state index contributed by atoms with van der Waals surface area (Å²) in [5.74, 6) is -2.02. The van der Waals surface area contributed by atoms with Crippen LogP contribution in [-0.4, -0.2) is 147 Å². The zero-order chi connectivity index (χ0) is 39.7. The van der Waals surface area contributed by atoms with Crippen molar-refractivity contribution in [1.29, 1.82) is 0 Å². The SMILES string of the molecule is C=O.O=C=NCCCC(=O)OCCOCC(CCOC(=O)CCCN=C=O)(COCCOC(=O)CCCN=C=O)COCCOC(=O)CCCN=C=O. The fraction of sp³-hybridized carbons (Fsp3) is 0.727. The van der Waals surface area contributed by atoms with Gasteiger partial charge in [-0.05, 0) is 32.1 Å². The molecule has 0 fully saturated rings. The first-order valence-corrected chi connectivity index (χ1v) is 16.6. The van der Waals surface area contributed by atoms with E-state index in [0.29, 0.717) is 25.7 Å². The Morgan fingerprint density at radius 3 is 0.962 bits per heavy atom. The maximum atomic E-state index is 12.2. The molecule has 0 amide bonds. The van der Waals surface area contributed by atoms with Crippen LogP contribution in [0.5, 0.6) is 0 Å². The summed E-state index contributed by atoms with van der Waals surface area (Å²) >= 11 is 0. The molecular formula is C33H48N4O16. The average Bonchev–Trinajstić information content (AvgIpc) is 3.15. The summed E-state index contributed by atoms with van der Waals surface area (Å²) in [7, 11) is 0.